The number of ether oxygens (including phenoxy) is 4. The zero-order valence-electron chi connectivity index (χ0n) is 61.3. The van der Waals surface area contributed by atoms with Gasteiger partial charge in [0, 0.05) is 25.7 Å². The molecule has 0 aliphatic rings. The van der Waals surface area contributed by atoms with Gasteiger partial charge in [0.1, 0.15) is 19.3 Å². The molecule has 0 spiro atoms. The van der Waals surface area contributed by atoms with Gasteiger partial charge < -0.3 is 33.8 Å². The van der Waals surface area contributed by atoms with E-state index in [-0.39, 0.29) is 25.7 Å². The minimum absolute atomic E-state index is 0.102. The van der Waals surface area contributed by atoms with Crippen molar-refractivity contribution < 1.29 is 80.2 Å². The third-order valence-electron chi connectivity index (χ3n) is 17.8. The Hall–Kier alpha value is -1.94. The number of rotatable bonds is 74. The average molecular weight is 1380 g/mol. The van der Waals surface area contributed by atoms with E-state index in [4.69, 9.17) is 37.0 Å². The number of hydrogen-bond acceptors (Lipinski definition) is 15. The molecule has 0 saturated heterocycles. The van der Waals surface area contributed by atoms with Gasteiger partial charge in [0.05, 0.1) is 26.4 Å². The van der Waals surface area contributed by atoms with E-state index in [9.17, 15) is 43.2 Å². The van der Waals surface area contributed by atoms with Gasteiger partial charge in [0.25, 0.3) is 0 Å². The summed E-state index contributed by atoms with van der Waals surface area (Å²) < 4.78 is 68.4. The van der Waals surface area contributed by atoms with Crippen LogP contribution >= 0.6 is 15.6 Å². The smallest absolute Gasteiger partial charge is 0.462 e. The summed E-state index contributed by atoms with van der Waals surface area (Å²) in [7, 11) is -9.90. The largest absolute Gasteiger partial charge is 0.472 e. The number of carbonyl (C=O) groups excluding carboxylic acids is 4. The molecule has 0 aliphatic heterocycles. The molecule has 0 fully saturated rings. The van der Waals surface area contributed by atoms with Gasteiger partial charge in [-0.05, 0) is 37.5 Å². The lowest BCUT2D eigenvalue weighted by atomic mass is 9.99. The van der Waals surface area contributed by atoms with Gasteiger partial charge in [0.2, 0.25) is 0 Å². The van der Waals surface area contributed by atoms with Gasteiger partial charge in [-0.2, -0.15) is 0 Å². The fourth-order valence-electron chi connectivity index (χ4n) is 11.4. The Bertz CT molecular complexity index is 1820. The molecule has 3 unspecified atom stereocenters. The van der Waals surface area contributed by atoms with Crippen molar-refractivity contribution >= 4 is 39.5 Å². The van der Waals surface area contributed by atoms with E-state index in [2.05, 4.69) is 41.5 Å². The van der Waals surface area contributed by atoms with Crippen LogP contribution in [-0.2, 0) is 65.4 Å². The number of aliphatic hydroxyl groups is 1. The van der Waals surface area contributed by atoms with Crippen molar-refractivity contribution in [3.8, 4) is 0 Å². The van der Waals surface area contributed by atoms with Crippen LogP contribution in [0, 0.1) is 11.8 Å². The molecule has 0 aliphatic carbocycles. The number of aliphatic hydroxyl groups excluding tert-OH is 1. The highest BCUT2D eigenvalue weighted by atomic mass is 31.2. The summed E-state index contributed by atoms with van der Waals surface area (Å²) in [6.45, 7) is 9.53. The van der Waals surface area contributed by atoms with Crippen LogP contribution < -0.4 is 0 Å². The topological polar surface area (TPSA) is 237 Å². The van der Waals surface area contributed by atoms with Gasteiger partial charge in [-0.3, -0.25) is 37.3 Å². The lowest BCUT2D eigenvalue weighted by Crippen LogP contribution is -2.30. The molecule has 0 rings (SSSR count). The molecule has 17 nitrogen and oxygen atoms in total. The summed E-state index contributed by atoms with van der Waals surface area (Å²) in [4.78, 5) is 72.6. The summed E-state index contributed by atoms with van der Waals surface area (Å²) in [5.41, 5.74) is 0. The Morgan fingerprint density at radius 1 is 0.309 bits per heavy atom. The van der Waals surface area contributed by atoms with Gasteiger partial charge in [-0.1, -0.05) is 337 Å². The fraction of sp³-hybridized carbons (Fsp3) is 0.947. The van der Waals surface area contributed by atoms with Crippen molar-refractivity contribution in [3.63, 3.8) is 0 Å². The van der Waals surface area contributed by atoms with E-state index in [1.807, 2.05) is 0 Å². The first-order chi connectivity index (χ1) is 45.4. The SMILES string of the molecule is CCCCCCCCCCCCCCCCCCCCC(=O)OC[C@H](COP(=O)(O)OC[C@@H](O)COP(=O)(O)OC[C@@H](COC(=O)CCCCCCCCCCC)OC(=O)CCCCCCCCC(C)C)OC(=O)CCCCCCCCCCCCCCCCC(C)CC. The lowest BCUT2D eigenvalue weighted by molar-refractivity contribution is -0.161. The number of hydrogen-bond donors (Lipinski definition) is 3. The molecule has 0 aromatic carbocycles. The fourth-order valence-corrected chi connectivity index (χ4v) is 13.0. The molecule has 0 aromatic rings. The Labute approximate surface area is 575 Å². The average Bonchev–Trinajstić information content (AvgIpc) is 1.88. The number of phosphoric ester groups is 2. The van der Waals surface area contributed by atoms with E-state index >= 15 is 0 Å². The number of unbranched alkanes of at least 4 members (excludes halogenated alkanes) is 43. The monoisotopic (exact) mass is 1380 g/mol. The van der Waals surface area contributed by atoms with Crippen LogP contribution in [0.25, 0.3) is 0 Å². The van der Waals surface area contributed by atoms with Crippen molar-refractivity contribution in [2.24, 2.45) is 11.8 Å². The lowest BCUT2D eigenvalue weighted by Gasteiger charge is -2.21. The maximum atomic E-state index is 13.1. The second-order valence-electron chi connectivity index (χ2n) is 27.8. The molecule has 558 valence electrons. The highest BCUT2D eigenvalue weighted by Gasteiger charge is 2.30. The summed E-state index contributed by atoms with van der Waals surface area (Å²) in [5.74, 6) is -0.607. The molecule has 6 atom stereocenters. The first-order valence-electron chi connectivity index (χ1n) is 39.0. The zero-order valence-corrected chi connectivity index (χ0v) is 63.1. The molecule has 3 N–H and O–H groups in total. The number of carbonyl (C=O) groups is 4. The van der Waals surface area contributed by atoms with E-state index in [0.717, 1.165) is 95.8 Å². The van der Waals surface area contributed by atoms with Crippen LogP contribution in [0.5, 0.6) is 0 Å². The van der Waals surface area contributed by atoms with Gasteiger partial charge in [-0.25, -0.2) is 9.13 Å². The standard InChI is InChI=1S/C75H146O17P2/c1-7-10-12-14-16-18-19-20-21-22-23-24-28-31-35-39-46-52-58-73(78)86-63-70(91-74(79)59-53-47-40-36-32-29-26-25-27-30-34-37-44-50-56-68(6)9-3)65-89-93(81,82)87-61-69(76)62-88-94(83,84)90-66-71(92-75(80)60-54-48-42-41-43-49-55-67(4)5)64-85-72(77)57-51-45-38-33-17-15-13-11-8-2/h67-71,76H,7-66H2,1-6H3,(H,81,82)(H,83,84)/t68?,69-,70-,71-/m1/s1. The second kappa shape index (κ2) is 66.9. The third-order valence-corrected chi connectivity index (χ3v) is 19.7. The van der Waals surface area contributed by atoms with Gasteiger partial charge >= 0.3 is 39.5 Å². The third kappa shape index (κ3) is 67.3. The molecule has 94 heavy (non-hydrogen) atoms. The quantitative estimate of drug-likeness (QED) is 0.0222. The highest BCUT2D eigenvalue weighted by molar-refractivity contribution is 7.47. The second-order valence-corrected chi connectivity index (χ2v) is 30.7. The molecule has 0 amide bonds. The molecule has 0 aromatic heterocycles. The zero-order chi connectivity index (χ0) is 69.3. The van der Waals surface area contributed by atoms with Gasteiger partial charge in [-0.15, -0.1) is 0 Å². The van der Waals surface area contributed by atoms with E-state index in [0.29, 0.717) is 31.6 Å². The minimum atomic E-state index is -4.96. The number of esters is 4. The van der Waals surface area contributed by atoms with E-state index in [1.54, 1.807) is 0 Å². The maximum Gasteiger partial charge on any atom is 0.472 e. The van der Waals surface area contributed by atoms with Crippen LogP contribution in [0.2, 0.25) is 0 Å². The summed E-state index contributed by atoms with van der Waals surface area (Å²) in [5, 5.41) is 10.6. The normalized spacial score (nSPS) is 14.3. The van der Waals surface area contributed by atoms with E-state index in [1.165, 1.54) is 205 Å². The Kier molecular flexibility index (Phi) is 65.5. The molecular weight excluding hydrogens is 1230 g/mol. The summed E-state index contributed by atoms with van der Waals surface area (Å²) in [6.07, 6.45) is 54.3. The highest BCUT2D eigenvalue weighted by Crippen LogP contribution is 2.45. The first-order valence-corrected chi connectivity index (χ1v) is 42.0. The van der Waals surface area contributed by atoms with Gasteiger partial charge in [0.15, 0.2) is 12.2 Å². The maximum absolute atomic E-state index is 13.1. The summed E-state index contributed by atoms with van der Waals surface area (Å²) >= 11 is 0. The van der Waals surface area contributed by atoms with Crippen molar-refractivity contribution in [1.29, 1.82) is 0 Å². The number of phosphoric acid groups is 2. The molecule has 0 heterocycles. The van der Waals surface area contributed by atoms with Crippen LogP contribution in [-0.4, -0.2) is 96.7 Å². The van der Waals surface area contributed by atoms with Crippen LogP contribution in [0.3, 0.4) is 0 Å². The first kappa shape index (κ1) is 92.1. The molecular formula is C75H146O17P2. The van der Waals surface area contributed by atoms with Crippen LogP contribution in [0.15, 0.2) is 0 Å². The Balaban J connectivity index is 5.19. The van der Waals surface area contributed by atoms with Crippen LogP contribution in [0.1, 0.15) is 388 Å². The predicted molar refractivity (Wildman–Crippen MR) is 381 cm³/mol. The Morgan fingerprint density at radius 3 is 0.809 bits per heavy atom. The van der Waals surface area contributed by atoms with E-state index < -0.39 is 97.5 Å². The van der Waals surface area contributed by atoms with Crippen molar-refractivity contribution in [2.45, 2.75) is 407 Å². The van der Waals surface area contributed by atoms with Crippen molar-refractivity contribution in [2.75, 3.05) is 39.6 Å². The van der Waals surface area contributed by atoms with Crippen molar-refractivity contribution in [1.82, 2.24) is 0 Å². The van der Waals surface area contributed by atoms with Crippen LogP contribution in [0.4, 0.5) is 0 Å². The predicted octanol–water partition coefficient (Wildman–Crippen LogP) is 21.9. The van der Waals surface area contributed by atoms with Crippen molar-refractivity contribution in [3.05, 3.63) is 0 Å². The molecule has 0 radical (unpaired) electrons. The molecule has 0 bridgehead atoms. The molecule has 0 saturated carbocycles. The molecule has 19 heteroatoms. The minimum Gasteiger partial charge on any atom is -0.462 e. The Morgan fingerprint density at radius 2 is 0.543 bits per heavy atom. The summed E-state index contributed by atoms with van der Waals surface area (Å²) in [6, 6.07) is 0.